The summed E-state index contributed by atoms with van der Waals surface area (Å²) in [4.78, 5) is 30.0. The second-order valence-corrected chi connectivity index (χ2v) is 5.51. The standard InChI is InChI=1S/C18H19N3O2/c22-17-15-8-1-2-9-16(15)18(23)21(17)12-6-5-10-19-13-14-7-3-4-11-20-14/h1-4,7-9,11,19H,5-6,10,12-13H2. The second kappa shape index (κ2) is 7.15. The molecular weight excluding hydrogens is 290 g/mol. The first-order valence-corrected chi connectivity index (χ1v) is 7.83. The zero-order valence-corrected chi connectivity index (χ0v) is 12.9. The summed E-state index contributed by atoms with van der Waals surface area (Å²) in [5.41, 5.74) is 2.05. The molecule has 1 aliphatic heterocycles. The Morgan fingerprint density at radius 2 is 1.61 bits per heavy atom. The smallest absolute Gasteiger partial charge is 0.261 e. The molecule has 0 unspecified atom stereocenters. The average molecular weight is 309 g/mol. The van der Waals surface area contributed by atoms with Gasteiger partial charge in [0.15, 0.2) is 0 Å². The fourth-order valence-corrected chi connectivity index (χ4v) is 2.68. The zero-order chi connectivity index (χ0) is 16.1. The van der Waals surface area contributed by atoms with Crippen molar-refractivity contribution in [1.82, 2.24) is 15.2 Å². The van der Waals surface area contributed by atoms with Crippen molar-refractivity contribution in [3.63, 3.8) is 0 Å². The van der Waals surface area contributed by atoms with Crippen molar-refractivity contribution in [2.24, 2.45) is 0 Å². The van der Waals surface area contributed by atoms with Crippen LogP contribution in [0.1, 0.15) is 39.3 Å². The Labute approximate surface area is 135 Å². The van der Waals surface area contributed by atoms with Crippen LogP contribution in [0.15, 0.2) is 48.7 Å². The topological polar surface area (TPSA) is 62.3 Å². The maximum Gasteiger partial charge on any atom is 0.261 e. The van der Waals surface area contributed by atoms with E-state index in [4.69, 9.17) is 0 Å². The van der Waals surface area contributed by atoms with Gasteiger partial charge in [-0.1, -0.05) is 18.2 Å². The average Bonchev–Trinajstić information content (AvgIpc) is 2.84. The van der Waals surface area contributed by atoms with Crippen LogP contribution in [-0.2, 0) is 6.54 Å². The van der Waals surface area contributed by atoms with Gasteiger partial charge in [-0.3, -0.25) is 19.5 Å². The van der Waals surface area contributed by atoms with Crippen molar-refractivity contribution in [3.05, 3.63) is 65.5 Å². The van der Waals surface area contributed by atoms with E-state index in [1.807, 2.05) is 18.2 Å². The van der Waals surface area contributed by atoms with E-state index in [-0.39, 0.29) is 11.8 Å². The number of pyridine rings is 1. The number of aromatic nitrogens is 1. The molecule has 3 rings (SSSR count). The summed E-state index contributed by atoms with van der Waals surface area (Å²) in [5, 5.41) is 3.32. The van der Waals surface area contributed by atoms with E-state index in [0.717, 1.165) is 31.6 Å². The van der Waals surface area contributed by atoms with Gasteiger partial charge in [0.05, 0.1) is 16.8 Å². The summed E-state index contributed by atoms with van der Waals surface area (Å²) < 4.78 is 0. The Hall–Kier alpha value is -2.53. The lowest BCUT2D eigenvalue weighted by molar-refractivity contribution is 0.0651. The minimum atomic E-state index is -0.174. The summed E-state index contributed by atoms with van der Waals surface area (Å²) in [7, 11) is 0. The van der Waals surface area contributed by atoms with E-state index in [1.165, 1.54) is 4.90 Å². The Balaban J connectivity index is 1.40. The molecule has 1 N–H and O–H groups in total. The van der Waals surface area contributed by atoms with Crippen LogP contribution in [0.5, 0.6) is 0 Å². The number of benzene rings is 1. The third kappa shape index (κ3) is 3.46. The third-order valence-corrected chi connectivity index (χ3v) is 3.90. The molecule has 2 heterocycles. The van der Waals surface area contributed by atoms with E-state index < -0.39 is 0 Å². The molecule has 118 valence electrons. The third-order valence-electron chi connectivity index (χ3n) is 3.90. The maximum atomic E-state index is 12.2. The molecule has 0 radical (unpaired) electrons. The van der Waals surface area contributed by atoms with Crippen LogP contribution < -0.4 is 5.32 Å². The number of nitrogens with zero attached hydrogens (tertiary/aromatic N) is 2. The van der Waals surface area contributed by atoms with E-state index >= 15 is 0 Å². The molecule has 5 heteroatoms. The number of fused-ring (bicyclic) bond motifs is 1. The Morgan fingerprint density at radius 1 is 0.913 bits per heavy atom. The number of carbonyl (C=O) groups excluding carboxylic acids is 2. The number of carbonyl (C=O) groups is 2. The largest absolute Gasteiger partial charge is 0.311 e. The van der Waals surface area contributed by atoms with Crippen molar-refractivity contribution in [2.75, 3.05) is 13.1 Å². The van der Waals surface area contributed by atoms with Crippen LogP contribution in [0.4, 0.5) is 0 Å². The number of rotatable bonds is 7. The van der Waals surface area contributed by atoms with Gasteiger partial charge in [-0.05, 0) is 43.7 Å². The lowest BCUT2D eigenvalue weighted by Crippen LogP contribution is -2.31. The maximum absolute atomic E-state index is 12.2. The summed E-state index contributed by atoms with van der Waals surface area (Å²) in [6.07, 6.45) is 3.47. The first-order chi connectivity index (χ1) is 11.3. The quantitative estimate of drug-likeness (QED) is 0.629. The Bertz CT molecular complexity index is 665. The molecule has 5 nitrogen and oxygen atoms in total. The molecule has 2 aromatic rings. The normalized spacial score (nSPS) is 13.5. The molecule has 1 aliphatic rings. The second-order valence-electron chi connectivity index (χ2n) is 5.51. The van der Waals surface area contributed by atoms with Gasteiger partial charge in [-0.15, -0.1) is 0 Å². The number of amides is 2. The molecule has 23 heavy (non-hydrogen) atoms. The van der Waals surface area contributed by atoms with E-state index in [1.54, 1.807) is 30.5 Å². The highest BCUT2D eigenvalue weighted by molar-refractivity contribution is 6.21. The monoisotopic (exact) mass is 309 g/mol. The van der Waals surface area contributed by atoms with Crippen molar-refractivity contribution in [1.29, 1.82) is 0 Å². The Morgan fingerprint density at radius 3 is 2.26 bits per heavy atom. The highest BCUT2D eigenvalue weighted by Crippen LogP contribution is 2.22. The lowest BCUT2D eigenvalue weighted by atomic mass is 10.1. The minimum Gasteiger partial charge on any atom is -0.311 e. The van der Waals surface area contributed by atoms with Gasteiger partial charge in [0.2, 0.25) is 0 Å². The summed E-state index contributed by atoms with van der Waals surface area (Å²) in [6.45, 7) is 2.03. The summed E-state index contributed by atoms with van der Waals surface area (Å²) in [6, 6.07) is 12.8. The van der Waals surface area contributed by atoms with Gasteiger partial charge >= 0.3 is 0 Å². The van der Waals surface area contributed by atoms with E-state index in [0.29, 0.717) is 17.7 Å². The fourth-order valence-electron chi connectivity index (χ4n) is 2.68. The SMILES string of the molecule is O=C1c2ccccc2C(=O)N1CCCCNCc1ccccn1. The van der Waals surface area contributed by atoms with Crippen molar-refractivity contribution in [2.45, 2.75) is 19.4 Å². The van der Waals surface area contributed by atoms with Crippen LogP contribution in [0, 0.1) is 0 Å². The first kappa shape index (κ1) is 15.4. The number of hydrogen-bond acceptors (Lipinski definition) is 4. The Kier molecular flexibility index (Phi) is 4.78. The molecule has 1 aromatic carbocycles. The number of unbranched alkanes of at least 4 members (excludes halogenated alkanes) is 1. The van der Waals surface area contributed by atoms with E-state index in [2.05, 4.69) is 10.3 Å². The fraction of sp³-hybridized carbons (Fsp3) is 0.278. The van der Waals surface area contributed by atoms with Crippen LogP contribution in [0.2, 0.25) is 0 Å². The number of hydrogen-bond donors (Lipinski definition) is 1. The molecular formula is C18H19N3O2. The first-order valence-electron chi connectivity index (χ1n) is 7.83. The summed E-state index contributed by atoms with van der Waals surface area (Å²) in [5.74, 6) is -0.348. The zero-order valence-electron chi connectivity index (χ0n) is 12.9. The molecule has 0 atom stereocenters. The van der Waals surface area contributed by atoms with Gasteiger partial charge in [0, 0.05) is 19.3 Å². The predicted octanol–water partition coefficient (Wildman–Crippen LogP) is 2.25. The number of imide groups is 1. The summed E-state index contributed by atoms with van der Waals surface area (Å²) >= 11 is 0. The highest BCUT2D eigenvalue weighted by Gasteiger charge is 2.34. The van der Waals surface area contributed by atoms with Crippen molar-refractivity contribution < 1.29 is 9.59 Å². The lowest BCUT2D eigenvalue weighted by Gasteiger charge is -2.13. The van der Waals surface area contributed by atoms with Gasteiger partial charge in [-0.2, -0.15) is 0 Å². The van der Waals surface area contributed by atoms with Gasteiger partial charge < -0.3 is 5.32 Å². The molecule has 0 fully saturated rings. The van der Waals surface area contributed by atoms with E-state index in [9.17, 15) is 9.59 Å². The highest BCUT2D eigenvalue weighted by atomic mass is 16.2. The van der Waals surface area contributed by atoms with Gasteiger partial charge in [-0.25, -0.2) is 0 Å². The van der Waals surface area contributed by atoms with Gasteiger partial charge in [0.1, 0.15) is 0 Å². The molecule has 0 aliphatic carbocycles. The molecule has 0 bridgehead atoms. The van der Waals surface area contributed by atoms with Crippen LogP contribution in [0.3, 0.4) is 0 Å². The molecule has 2 amide bonds. The molecule has 0 saturated carbocycles. The van der Waals surface area contributed by atoms with Crippen molar-refractivity contribution >= 4 is 11.8 Å². The van der Waals surface area contributed by atoms with Crippen LogP contribution in [0.25, 0.3) is 0 Å². The molecule has 0 spiro atoms. The predicted molar refractivity (Wildman–Crippen MR) is 87.0 cm³/mol. The molecule has 1 aromatic heterocycles. The number of nitrogens with one attached hydrogen (secondary N) is 1. The van der Waals surface area contributed by atoms with Crippen LogP contribution >= 0.6 is 0 Å². The minimum absolute atomic E-state index is 0.174. The van der Waals surface area contributed by atoms with Crippen molar-refractivity contribution in [3.8, 4) is 0 Å². The molecule has 0 saturated heterocycles. The van der Waals surface area contributed by atoms with Crippen LogP contribution in [-0.4, -0.2) is 34.8 Å². The van der Waals surface area contributed by atoms with Gasteiger partial charge in [0.25, 0.3) is 11.8 Å².